The Labute approximate surface area is 138 Å². The first-order chi connectivity index (χ1) is 11.5. The van der Waals surface area contributed by atoms with Gasteiger partial charge in [-0.1, -0.05) is 6.07 Å². The van der Waals surface area contributed by atoms with Gasteiger partial charge in [0, 0.05) is 17.7 Å². The van der Waals surface area contributed by atoms with Gasteiger partial charge in [0.2, 0.25) is 0 Å². The topological polar surface area (TPSA) is 95.7 Å². The molecule has 0 saturated heterocycles. The van der Waals surface area contributed by atoms with Crippen molar-refractivity contribution in [3.8, 4) is 5.75 Å². The van der Waals surface area contributed by atoms with Crippen molar-refractivity contribution in [2.75, 3.05) is 13.2 Å². The number of ether oxygens (including phenoxy) is 2. The molecular weight excluding hydrogens is 314 g/mol. The lowest BCUT2D eigenvalue weighted by Gasteiger charge is -2.06. The molecule has 2 rings (SSSR count). The molecule has 0 N–H and O–H groups in total. The van der Waals surface area contributed by atoms with Gasteiger partial charge in [-0.25, -0.2) is 4.79 Å². The van der Waals surface area contributed by atoms with Crippen LogP contribution in [0.5, 0.6) is 5.75 Å². The molecule has 0 atom stereocenters. The molecule has 0 aromatic heterocycles. The molecule has 7 heteroatoms. The van der Waals surface area contributed by atoms with Crippen LogP contribution in [0.1, 0.15) is 27.6 Å². The molecule has 0 aliphatic heterocycles. The van der Waals surface area contributed by atoms with Crippen molar-refractivity contribution >= 4 is 17.4 Å². The number of carbonyl (C=O) groups is 2. The van der Waals surface area contributed by atoms with Crippen molar-refractivity contribution in [1.82, 2.24) is 0 Å². The predicted molar refractivity (Wildman–Crippen MR) is 85.3 cm³/mol. The average Bonchev–Trinajstić information content (AvgIpc) is 2.60. The van der Waals surface area contributed by atoms with E-state index >= 15 is 0 Å². The highest BCUT2D eigenvalue weighted by Crippen LogP contribution is 2.15. The lowest BCUT2D eigenvalue weighted by Crippen LogP contribution is -2.14. The minimum absolute atomic E-state index is 0.0173. The molecule has 0 fully saturated rings. The normalized spacial score (nSPS) is 10.0. The van der Waals surface area contributed by atoms with Crippen molar-refractivity contribution in [2.24, 2.45) is 0 Å². The van der Waals surface area contributed by atoms with Gasteiger partial charge in [-0.3, -0.25) is 14.9 Å². The van der Waals surface area contributed by atoms with Gasteiger partial charge in [-0.15, -0.1) is 0 Å². The van der Waals surface area contributed by atoms with Crippen LogP contribution in [-0.4, -0.2) is 29.9 Å². The van der Waals surface area contributed by atoms with E-state index in [1.807, 2.05) is 6.92 Å². The summed E-state index contributed by atoms with van der Waals surface area (Å²) in [5, 5.41) is 10.7. The van der Waals surface area contributed by atoms with Gasteiger partial charge in [0.05, 0.1) is 17.1 Å². The summed E-state index contributed by atoms with van der Waals surface area (Å²) in [6.45, 7) is 1.93. The quantitative estimate of drug-likeness (QED) is 0.335. The van der Waals surface area contributed by atoms with Gasteiger partial charge >= 0.3 is 5.97 Å². The van der Waals surface area contributed by atoms with Gasteiger partial charge in [0.25, 0.3) is 5.69 Å². The number of hydrogen-bond donors (Lipinski definition) is 0. The molecule has 2 aromatic carbocycles. The highest BCUT2D eigenvalue weighted by Gasteiger charge is 2.15. The van der Waals surface area contributed by atoms with Crippen LogP contribution >= 0.6 is 0 Å². The summed E-state index contributed by atoms with van der Waals surface area (Å²) >= 11 is 0. The van der Waals surface area contributed by atoms with Crippen LogP contribution in [0.4, 0.5) is 5.69 Å². The van der Waals surface area contributed by atoms with E-state index in [0.29, 0.717) is 17.9 Å². The van der Waals surface area contributed by atoms with Crippen LogP contribution in [0.3, 0.4) is 0 Å². The molecule has 7 nitrogen and oxygen atoms in total. The highest BCUT2D eigenvalue weighted by atomic mass is 16.6. The molecule has 0 unspecified atom stereocenters. The van der Waals surface area contributed by atoms with Crippen LogP contribution in [0.2, 0.25) is 0 Å². The smallest absolute Gasteiger partial charge is 0.338 e. The maximum Gasteiger partial charge on any atom is 0.338 e. The first-order valence-corrected chi connectivity index (χ1v) is 7.19. The maximum absolute atomic E-state index is 12.0. The number of non-ortho nitro benzene ring substituents is 1. The number of hydrogen-bond acceptors (Lipinski definition) is 6. The van der Waals surface area contributed by atoms with Gasteiger partial charge in [-0.05, 0) is 37.3 Å². The number of esters is 1. The number of rotatable bonds is 7. The van der Waals surface area contributed by atoms with Crippen LogP contribution in [0, 0.1) is 10.1 Å². The van der Waals surface area contributed by atoms with Gasteiger partial charge in [-0.2, -0.15) is 0 Å². The zero-order chi connectivity index (χ0) is 17.5. The average molecular weight is 329 g/mol. The van der Waals surface area contributed by atoms with Crippen LogP contribution in [0.15, 0.2) is 48.5 Å². The number of carbonyl (C=O) groups excluding carboxylic acids is 2. The first-order valence-electron chi connectivity index (χ1n) is 7.19. The number of ketones is 1. The second kappa shape index (κ2) is 7.87. The van der Waals surface area contributed by atoms with Crippen molar-refractivity contribution in [1.29, 1.82) is 0 Å². The third-order valence-corrected chi connectivity index (χ3v) is 3.11. The standard InChI is InChI=1S/C17H15NO6/c1-2-23-15-8-6-12(7-9-15)16(19)11-24-17(20)13-4-3-5-14(10-13)18(21)22/h3-10H,2,11H2,1H3. The molecule has 0 spiro atoms. The molecular formula is C17H15NO6. The minimum atomic E-state index is -0.794. The summed E-state index contributed by atoms with van der Waals surface area (Å²) in [5.74, 6) is -0.530. The van der Waals surface area contributed by atoms with E-state index in [9.17, 15) is 19.7 Å². The molecule has 0 bridgehead atoms. The Kier molecular flexibility index (Phi) is 5.62. The summed E-state index contributed by atoms with van der Waals surface area (Å²) in [7, 11) is 0. The number of Topliss-reactive ketones (excluding diaryl/α,β-unsaturated/α-hetero) is 1. The van der Waals surface area contributed by atoms with E-state index in [1.54, 1.807) is 24.3 Å². The number of nitro benzene ring substituents is 1. The van der Waals surface area contributed by atoms with E-state index in [-0.39, 0.29) is 17.0 Å². The molecule has 2 aromatic rings. The summed E-state index contributed by atoms with van der Waals surface area (Å²) in [4.78, 5) is 34.0. The fraction of sp³-hybridized carbons (Fsp3) is 0.176. The summed E-state index contributed by atoms with van der Waals surface area (Å²) in [6, 6.07) is 11.6. The molecule has 0 heterocycles. The molecule has 0 aliphatic carbocycles. The molecule has 124 valence electrons. The first kappa shape index (κ1) is 17.1. The third-order valence-electron chi connectivity index (χ3n) is 3.11. The van der Waals surface area contributed by atoms with Gasteiger partial charge < -0.3 is 9.47 Å². The second-order valence-corrected chi connectivity index (χ2v) is 4.76. The van der Waals surface area contributed by atoms with E-state index in [1.165, 1.54) is 18.2 Å². The predicted octanol–water partition coefficient (Wildman–Crippen LogP) is 3.03. The Morgan fingerprint density at radius 2 is 1.79 bits per heavy atom. The Balaban J connectivity index is 1.97. The summed E-state index contributed by atoms with van der Waals surface area (Å²) in [6.07, 6.45) is 0. The SMILES string of the molecule is CCOc1ccc(C(=O)COC(=O)c2cccc([N+](=O)[O-])c2)cc1. The van der Waals surface area contributed by atoms with E-state index < -0.39 is 17.5 Å². The van der Waals surface area contributed by atoms with Crippen molar-refractivity contribution in [3.05, 3.63) is 69.8 Å². The Morgan fingerprint density at radius 3 is 2.42 bits per heavy atom. The maximum atomic E-state index is 12.0. The Morgan fingerprint density at radius 1 is 1.08 bits per heavy atom. The number of benzene rings is 2. The second-order valence-electron chi connectivity index (χ2n) is 4.76. The zero-order valence-corrected chi connectivity index (χ0v) is 12.9. The number of nitro groups is 1. The van der Waals surface area contributed by atoms with E-state index in [0.717, 1.165) is 6.07 Å². The molecule has 0 amide bonds. The monoisotopic (exact) mass is 329 g/mol. The number of nitrogens with zero attached hydrogens (tertiary/aromatic N) is 1. The van der Waals surface area contributed by atoms with Gasteiger partial charge in [0.1, 0.15) is 5.75 Å². The summed E-state index contributed by atoms with van der Waals surface area (Å²) < 4.78 is 10.2. The molecule has 0 radical (unpaired) electrons. The fourth-order valence-electron chi connectivity index (χ4n) is 1.95. The minimum Gasteiger partial charge on any atom is -0.494 e. The van der Waals surface area contributed by atoms with Crippen LogP contribution in [-0.2, 0) is 4.74 Å². The van der Waals surface area contributed by atoms with Crippen molar-refractivity contribution in [2.45, 2.75) is 6.92 Å². The lowest BCUT2D eigenvalue weighted by molar-refractivity contribution is -0.384. The largest absolute Gasteiger partial charge is 0.494 e. The van der Waals surface area contributed by atoms with E-state index in [4.69, 9.17) is 9.47 Å². The van der Waals surface area contributed by atoms with Crippen LogP contribution in [0.25, 0.3) is 0 Å². The van der Waals surface area contributed by atoms with Crippen molar-refractivity contribution in [3.63, 3.8) is 0 Å². The molecule has 0 saturated carbocycles. The summed E-state index contributed by atoms with van der Waals surface area (Å²) in [5.41, 5.74) is 0.177. The fourth-order valence-corrected chi connectivity index (χ4v) is 1.95. The molecule has 0 aliphatic rings. The zero-order valence-electron chi connectivity index (χ0n) is 12.9. The van der Waals surface area contributed by atoms with Crippen molar-refractivity contribution < 1.29 is 24.0 Å². The van der Waals surface area contributed by atoms with Crippen LogP contribution < -0.4 is 4.74 Å². The Hall–Kier alpha value is -3.22. The third kappa shape index (κ3) is 4.39. The van der Waals surface area contributed by atoms with E-state index in [2.05, 4.69) is 0 Å². The Bertz CT molecular complexity index is 754. The molecule has 24 heavy (non-hydrogen) atoms. The lowest BCUT2D eigenvalue weighted by atomic mass is 10.1. The van der Waals surface area contributed by atoms with Gasteiger partial charge in [0.15, 0.2) is 12.4 Å². The highest BCUT2D eigenvalue weighted by molar-refractivity contribution is 5.99.